The maximum atomic E-state index is 13.1. The maximum absolute atomic E-state index is 13.1. The monoisotopic (exact) mass is 353 g/mol. The molecule has 0 bridgehead atoms. The summed E-state index contributed by atoms with van der Waals surface area (Å²) in [6.45, 7) is 5.07. The first-order valence-electron chi connectivity index (χ1n) is 9.18. The van der Waals surface area contributed by atoms with E-state index in [1.165, 1.54) is 5.56 Å². The Kier molecular flexibility index (Phi) is 5.50. The van der Waals surface area contributed by atoms with Crippen LogP contribution in [0.5, 0.6) is 11.5 Å². The first kappa shape index (κ1) is 18.3. The van der Waals surface area contributed by atoms with Gasteiger partial charge in [0.1, 0.15) is 11.5 Å². The van der Waals surface area contributed by atoms with E-state index in [4.69, 9.17) is 9.47 Å². The highest BCUT2D eigenvalue weighted by atomic mass is 16.5. The molecule has 138 valence electrons. The highest BCUT2D eigenvalue weighted by molar-refractivity contribution is 5.94. The third kappa shape index (κ3) is 3.55. The molecule has 2 aromatic carbocycles. The molecule has 0 N–H and O–H groups in total. The van der Waals surface area contributed by atoms with E-state index < -0.39 is 0 Å². The summed E-state index contributed by atoms with van der Waals surface area (Å²) >= 11 is 0. The molecule has 0 radical (unpaired) electrons. The van der Waals surface area contributed by atoms with Gasteiger partial charge in [0, 0.05) is 17.7 Å². The second-order valence-corrected chi connectivity index (χ2v) is 7.04. The fourth-order valence-electron chi connectivity index (χ4n) is 3.61. The highest BCUT2D eigenvalue weighted by Crippen LogP contribution is 2.39. The van der Waals surface area contributed by atoms with Crippen LogP contribution in [0, 0.1) is 0 Å². The Balaban J connectivity index is 1.89. The number of rotatable bonds is 5. The summed E-state index contributed by atoms with van der Waals surface area (Å²) in [7, 11) is 3.32. The van der Waals surface area contributed by atoms with Crippen LogP contribution in [0.3, 0.4) is 0 Å². The summed E-state index contributed by atoms with van der Waals surface area (Å²) < 4.78 is 10.9. The van der Waals surface area contributed by atoms with E-state index >= 15 is 0 Å². The molecule has 0 spiro atoms. The number of methoxy groups -OCH3 is 2. The third-order valence-electron chi connectivity index (χ3n) is 5.13. The van der Waals surface area contributed by atoms with Gasteiger partial charge >= 0.3 is 0 Å². The van der Waals surface area contributed by atoms with Crippen molar-refractivity contribution in [3.05, 3.63) is 59.2 Å². The molecule has 26 heavy (non-hydrogen) atoms. The van der Waals surface area contributed by atoms with Gasteiger partial charge in [0.2, 0.25) is 0 Å². The molecule has 1 unspecified atom stereocenters. The van der Waals surface area contributed by atoms with Crippen LogP contribution < -0.4 is 9.47 Å². The largest absolute Gasteiger partial charge is 0.497 e. The standard InChI is InChI=1S/C22H27NO3/c1-15(2)16-7-9-17(10-8-16)22(24)23-13-5-6-20(23)19-14-18(25-3)11-12-21(19)26-4/h7-12,14-15,20H,5-6,13H2,1-4H3. The lowest BCUT2D eigenvalue weighted by Gasteiger charge is -2.27. The van der Waals surface area contributed by atoms with Crippen molar-refractivity contribution < 1.29 is 14.3 Å². The summed E-state index contributed by atoms with van der Waals surface area (Å²) in [5, 5.41) is 0. The third-order valence-corrected chi connectivity index (χ3v) is 5.13. The molecule has 0 aromatic heterocycles. The Labute approximate surface area is 155 Å². The predicted molar refractivity (Wildman–Crippen MR) is 103 cm³/mol. The summed E-state index contributed by atoms with van der Waals surface area (Å²) in [6.07, 6.45) is 1.92. The number of amides is 1. The molecule has 1 heterocycles. The van der Waals surface area contributed by atoms with Gasteiger partial charge in [-0.1, -0.05) is 26.0 Å². The van der Waals surface area contributed by atoms with E-state index in [1.807, 2.05) is 35.2 Å². The van der Waals surface area contributed by atoms with Crippen molar-refractivity contribution in [2.24, 2.45) is 0 Å². The van der Waals surface area contributed by atoms with E-state index in [9.17, 15) is 4.79 Å². The molecule has 0 saturated carbocycles. The van der Waals surface area contributed by atoms with E-state index in [0.717, 1.165) is 42.0 Å². The van der Waals surface area contributed by atoms with Crippen molar-refractivity contribution in [2.45, 2.75) is 38.6 Å². The van der Waals surface area contributed by atoms with Gasteiger partial charge in [0.05, 0.1) is 20.3 Å². The van der Waals surface area contributed by atoms with E-state index in [2.05, 4.69) is 26.0 Å². The van der Waals surface area contributed by atoms with Gasteiger partial charge in [0.25, 0.3) is 5.91 Å². The molecule has 1 atom stereocenters. The van der Waals surface area contributed by atoms with E-state index in [0.29, 0.717) is 5.92 Å². The Bertz CT molecular complexity index is 767. The van der Waals surface area contributed by atoms with Crippen LogP contribution >= 0.6 is 0 Å². The number of ether oxygens (including phenoxy) is 2. The second-order valence-electron chi connectivity index (χ2n) is 7.04. The van der Waals surface area contributed by atoms with Gasteiger partial charge in [-0.05, 0) is 54.7 Å². The smallest absolute Gasteiger partial charge is 0.254 e. The van der Waals surface area contributed by atoms with Crippen LogP contribution in [0.25, 0.3) is 0 Å². The number of hydrogen-bond donors (Lipinski definition) is 0. The minimum absolute atomic E-state index is 0.0114. The Morgan fingerprint density at radius 2 is 1.81 bits per heavy atom. The highest BCUT2D eigenvalue weighted by Gasteiger charge is 2.32. The number of carbonyl (C=O) groups excluding carboxylic acids is 1. The number of carbonyl (C=O) groups is 1. The Hall–Kier alpha value is -2.49. The minimum Gasteiger partial charge on any atom is -0.497 e. The van der Waals surface area contributed by atoms with Gasteiger partial charge in [-0.25, -0.2) is 0 Å². The number of benzene rings is 2. The zero-order valence-electron chi connectivity index (χ0n) is 16.0. The molecule has 1 amide bonds. The minimum atomic E-state index is 0.0114. The molecule has 0 aliphatic carbocycles. The zero-order valence-corrected chi connectivity index (χ0v) is 16.0. The molecular weight excluding hydrogens is 326 g/mol. The van der Waals surface area contributed by atoms with Crippen LogP contribution in [0.4, 0.5) is 0 Å². The molecule has 1 aliphatic heterocycles. The lowest BCUT2D eigenvalue weighted by molar-refractivity contribution is 0.0734. The summed E-state index contributed by atoms with van der Waals surface area (Å²) in [5.74, 6) is 2.11. The quantitative estimate of drug-likeness (QED) is 0.775. The number of nitrogens with zero attached hydrogens (tertiary/aromatic N) is 1. The van der Waals surface area contributed by atoms with Crippen molar-refractivity contribution in [3.8, 4) is 11.5 Å². The van der Waals surface area contributed by atoms with Crippen molar-refractivity contribution in [3.63, 3.8) is 0 Å². The first-order chi connectivity index (χ1) is 12.5. The normalized spacial score (nSPS) is 16.8. The van der Waals surface area contributed by atoms with Crippen molar-refractivity contribution in [1.82, 2.24) is 4.90 Å². The lowest BCUT2D eigenvalue weighted by Crippen LogP contribution is -2.30. The van der Waals surface area contributed by atoms with E-state index in [1.54, 1.807) is 14.2 Å². The molecule has 1 aliphatic rings. The molecule has 4 heteroatoms. The average Bonchev–Trinajstić information content (AvgIpc) is 3.16. The summed E-state index contributed by atoms with van der Waals surface area (Å²) in [4.78, 5) is 15.1. The van der Waals surface area contributed by atoms with Gasteiger partial charge in [-0.3, -0.25) is 4.79 Å². The lowest BCUT2D eigenvalue weighted by atomic mass is 10.00. The molecule has 1 fully saturated rings. The zero-order chi connectivity index (χ0) is 18.7. The Morgan fingerprint density at radius 1 is 1.08 bits per heavy atom. The van der Waals surface area contributed by atoms with Gasteiger partial charge < -0.3 is 14.4 Å². The van der Waals surface area contributed by atoms with Crippen LogP contribution in [-0.2, 0) is 0 Å². The molecule has 3 rings (SSSR count). The molecule has 4 nitrogen and oxygen atoms in total. The topological polar surface area (TPSA) is 38.8 Å². The SMILES string of the molecule is COc1ccc(OC)c(C2CCCN2C(=O)c2ccc(C(C)C)cc2)c1. The summed E-state index contributed by atoms with van der Waals surface area (Å²) in [5.41, 5.74) is 2.99. The van der Waals surface area contributed by atoms with Crippen LogP contribution in [-0.4, -0.2) is 31.6 Å². The fourth-order valence-corrected chi connectivity index (χ4v) is 3.61. The molecular formula is C22H27NO3. The number of hydrogen-bond acceptors (Lipinski definition) is 3. The second kappa shape index (κ2) is 7.81. The molecule has 2 aromatic rings. The first-order valence-corrected chi connectivity index (χ1v) is 9.18. The van der Waals surface area contributed by atoms with Gasteiger partial charge in [0.15, 0.2) is 0 Å². The van der Waals surface area contributed by atoms with Crippen molar-refractivity contribution in [1.29, 1.82) is 0 Å². The molecule has 1 saturated heterocycles. The average molecular weight is 353 g/mol. The van der Waals surface area contributed by atoms with Crippen molar-refractivity contribution in [2.75, 3.05) is 20.8 Å². The van der Waals surface area contributed by atoms with Crippen LogP contribution in [0.1, 0.15) is 60.1 Å². The fraction of sp³-hybridized carbons (Fsp3) is 0.409. The van der Waals surface area contributed by atoms with Crippen LogP contribution in [0.15, 0.2) is 42.5 Å². The maximum Gasteiger partial charge on any atom is 0.254 e. The van der Waals surface area contributed by atoms with Gasteiger partial charge in [-0.2, -0.15) is 0 Å². The Morgan fingerprint density at radius 3 is 2.42 bits per heavy atom. The number of likely N-dealkylation sites (tertiary alicyclic amines) is 1. The predicted octanol–water partition coefficient (Wildman–Crippen LogP) is 4.80. The van der Waals surface area contributed by atoms with Crippen molar-refractivity contribution >= 4 is 5.91 Å². The summed E-state index contributed by atoms with van der Waals surface area (Å²) in [6, 6.07) is 13.8. The van der Waals surface area contributed by atoms with E-state index in [-0.39, 0.29) is 11.9 Å². The van der Waals surface area contributed by atoms with Gasteiger partial charge in [-0.15, -0.1) is 0 Å². The van der Waals surface area contributed by atoms with Crippen LogP contribution in [0.2, 0.25) is 0 Å².